The SMILES string of the molecule is C#Cc1c(F)ccc2cc(P(C)(C)=O)cc(-c3ncc4c(N(C)C[C@@H]5CCCN5C(=O)C=C)nc(OC[C@]5(C)C[C@@H](F)CN5C)nc4c3F)c12. The van der Waals surface area contributed by atoms with E-state index < -0.39 is 30.5 Å². The van der Waals surface area contributed by atoms with Crippen molar-refractivity contribution >= 4 is 45.8 Å². The average molecular weight is 705 g/mol. The number of hydrogen-bond acceptors (Lipinski definition) is 8. The molecule has 0 saturated carbocycles. The molecule has 2 aliphatic rings. The highest BCUT2D eigenvalue weighted by molar-refractivity contribution is 7.70. The maximum absolute atomic E-state index is 17.1. The molecular formula is C37H40F3N6O3P. The van der Waals surface area contributed by atoms with Crippen LogP contribution >= 0.6 is 7.14 Å². The first-order valence-electron chi connectivity index (χ1n) is 16.4. The number of terminal acetylenes is 1. The number of likely N-dealkylation sites (tertiary alicyclic amines) is 2. The second-order valence-corrected chi connectivity index (χ2v) is 17.1. The van der Waals surface area contributed by atoms with Crippen LogP contribution in [0.1, 0.15) is 31.7 Å². The summed E-state index contributed by atoms with van der Waals surface area (Å²) in [5.74, 6) is 1.03. The number of fused-ring (bicyclic) bond motifs is 2. The molecule has 3 atom stereocenters. The molecule has 2 saturated heterocycles. The maximum Gasteiger partial charge on any atom is 0.319 e. The zero-order valence-corrected chi connectivity index (χ0v) is 29.7. The van der Waals surface area contributed by atoms with Crippen molar-refractivity contribution < 1.29 is 27.3 Å². The lowest BCUT2D eigenvalue weighted by Crippen LogP contribution is -2.43. The van der Waals surface area contributed by atoms with Gasteiger partial charge in [0.1, 0.15) is 42.8 Å². The predicted molar refractivity (Wildman–Crippen MR) is 191 cm³/mol. The molecule has 0 spiro atoms. The van der Waals surface area contributed by atoms with Gasteiger partial charge >= 0.3 is 6.01 Å². The molecule has 13 heteroatoms. The fourth-order valence-corrected chi connectivity index (χ4v) is 7.96. The number of carbonyl (C=O) groups is 1. The topological polar surface area (TPSA) is 91.8 Å². The van der Waals surface area contributed by atoms with Crippen molar-refractivity contribution in [3.05, 3.63) is 60.3 Å². The number of pyridine rings is 1. The van der Waals surface area contributed by atoms with Crippen LogP contribution in [0.2, 0.25) is 0 Å². The van der Waals surface area contributed by atoms with Crippen LogP contribution in [-0.2, 0) is 9.36 Å². The first-order valence-corrected chi connectivity index (χ1v) is 19.0. The highest BCUT2D eigenvalue weighted by Gasteiger charge is 2.41. The molecule has 0 aliphatic carbocycles. The van der Waals surface area contributed by atoms with Crippen molar-refractivity contribution in [1.82, 2.24) is 24.8 Å². The molecular weight excluding hydrogens is 664 g/mol. The van der Waals surface area contributed by atoms with Crippen LogP contribution in [0.3, 0.4) is 0 Å². The lowest BCUT2D eigenvalue weighted by Gasteiger charge is -2.31. The number of halogens is 3. The van der Waals surface area contributed by atoms with Gasteiger partial charge in [-0.25, -0.2) is 13.2 Å². The van der Waals surface area contributed by atoms with Crippen molar-refractivity contribution in [2.75, 3.05) is 58.6 Å². The second kappa shape index (κ2) is 13.3. The summed E-state index contributed by atoms with van der Waals surface area (Å²) in [6.07, 6.45) is 9.30. The van der Waals surface area contributed by atoms with E-state index in [9.17, 15) is 13.8 Å². The predicted octanol–water partition coefficient (Wildman–Crippen LogP) is 5.78. The summed E-state index contributed by atoms with van der Waals surface area (Å²) in [4.78, 5) is 31.7. The Balaban J connectivity index is 1.52. The summed E-state index contributed by atoms with van der Waals surface area (Å²) >= 11 is 0. The van der Waals surface area contributed by atoms with Gasteiger partial charge in [0.25, 0.3) is 0 Å². The first kappa shape index (κ1) is 35.4. The number of rotatable bonds is 9. The van der Waals surface area contributed by atoms with Gasteiger partial charge < -0.3 is 19.1 Å². The lowest BCUT2D eigenvalue weighted by molar-refractivity contribution is -0.126. The largest absolute Gasteiger partial charge is 0.461 e. The van der Waals surface area contributed by atoms with Gasteiger partial charge in [-0.3, -0.25) is 14.7 Å². The van der Waals surface area contributed by atoms with Crippen LogP contribution in [0.15, 0.2) is 43.1 Å². The highest BCUT2D eigenvalue weighted by atomic mass is 31.2. The van der Waals surface area contributed by atoms with Gasteiger partial charge in [-0.2, -0.15) is 9.97 Å². The Morgan fingerprint density at radius 1 is 1.28 bits per heavy atom. The minimum absolute atomic E-state index is 0.0438. The molecule has 1 amide bonds. The molecule has 262 valence electrons. The van der Waals surface area contributed by atoms with E-state index in [4.69, 9.17) is 11.2 Å². The van der Waals surface area contributed by atoms with E-state index in [1.165, 1.54) is 24.4 Å². The fraction of sp³-hybridized carbons (Fsp3) is 0.405. The number of hydrogen-bond donors (Lipinski definition) is 0. The van der Waals surface area contributed by atoms with Crippen LogP contribution < -0.4 is 14.9 Å². The molecule has 4 aromatic rings. The van der Waals surface area contributed by atoms with E-state index in [1.54, 1.807) is 37.4 Å². The lowest BCUT2D eigenvalue weighted by atomic mass is 9.96. The van der Waals surface area contributed by atoms with Gasteiger partial charge in [-0.15, -0.1) is 6.42 Å². The van der Waals surface area contributed by atoms with E-state index in [1.807, 2.05) is 23.8 Å². The summed E-state index contributed by atoms with van der Waals surface area (Å²) in [7, 11) is 0.723. The van der Waals surface area contributed by atoms with Crippen molar-refractivity contribution in [2.45, 2.75) is 43.9 Å². The maximum atomic E-state index is 17.1. The molecule has 0 unspecified atom stereocenters. The molecule has 9 nitrogen and oxygen atoms in total. The number of anilines is 1. The Bertz CT molecular complexity index is 2120. The Hall–Kier alpha value is -4.46. The molecule has 2 fully saturated rings. The number of amides is 1. The molecule has 6 rings (SSSR count). The number of aromatic nitrogens is 3. The highest BCUT2D eigenvalue weighted by Crippen LogP contribution is 2.41. The summed E-state index contributed by atoms with van der Waals surface area (Å²) < 4.78 is 65.8. The van der Waals surface area contributed by atoms with Crippen LogP contribution in [0.4, 0.5) is 19.0 Å². The van der Waals surface area contributed by atoms with E-state index in [-0.39, 0.29) is 70.6 Å². The van der Waals surface area contributed by atoms with Crippen molar-refractivity contribution in [3.63, 3.8) is 0 Å². The summed E-state index contributed by atoms with van der Waals surface area (Å²) in [5.41, 5.74) is -0.837. The van der Waals surface area contributed by atoms with Gasteiger partial charge in [0.15, 0.2) is 5.82 Å². The van der Waals surface area contributed by atoms with Crippen LogP contribution in [0.5, 0.6) is 6.01 Å². The molecule has 4 heterocycles. The molecule has 0 N–H and O–H groups in total. The smallest absolute Gasteiger partial charge is 0.319 e. The molecule has 50 heavy (non-hydrogen) atoms. The van der Waals surface area contributed by atoms with E-state index in [0.29, 0.717) is 29.6 Å². The van der Waals surface area contributed by atoms with E-state index in [0.717, 1.165) is 12.8 Å². The number of ether oxygens (including phenoxy) is 1. The Kier molecular flexibility index (Phi) is 9.44. The standard InChI is InChI=1S/C37H40F3N6O3P/c1-8-26-29(39)13-12-22-15-25(50(6,7)48)16-27(31(22)26)33-32(40)34-28(18-41-33)35(44(4)20-24-11-10-14-46(24)30(47)9-2)43-36(42-34)49-21-37(3)17-23(38)19-45(37)5/h1,9,12-13,15-16,18,23-24H,2,10-11,14,17,19-21H2,3-7H3/t23-,24+,37+/m1/s1. The minimum atomic E-state index is -2.88. The van der Waals surface area contributed by atoms with E-state index in [2.05, 4.69) is 27.5 Å². The Morgan fingerprint density at radius 2 is 2.04 bits per heavy atom. The molecule has 2 aliphatic heterocycles. The monoisotopic (exact) mass is 704 g/mol. The molecule has 0 bridgehead atoms. The third kappa shape index (κ3) is 6.45. The number of alkyl halides is 1. The van der Waals surface area contributed by atoms with Crippen molar-refractivity contribution in [3.8, 4) is 29.6 Å². The van der Waals surface area contributed by atoms with E-state index >= 15 is 8.78 Å². The Labute approximate surface area is 289 Å². The zero-order chi connectivity index (χ0) is 36.1. The summed E-state index contributed by atoms with van der Waals surface area (Å²) in [6.45, 7) is 9.97. The van der Waals surface area contributed by atoms with Gasteiger partial charge in [-0.1, -0.05) is 18.6 Å². The van der Waals surface area contributed by atoms with Gasteiger partial charge in [0, 0.05) is 61.6 Å². The van der Waals surface area contributed by atoms with Crippen LogP contribution in [0, 0.1) is 24.0 Å². The van der Waals surface area contributed by atoms with Gasteiger partial charge in [0.2, 0.25) is 5.91 Å². The van der Waals surface area contributed by atoms with Gasteiger partial charge in [-0.05, 0) is 69.8 Å². The molecule has 2 aromatic carbocycles. The van der Waals surface area contributed by atoms with Crippen LogP contribution in [-0.4, -0.2) is 102 Å². The van der Waals surface area contributed by atoms with Crippen molar-refractivity contribution in [1.29, 1.82) is 0 Å². The number of benzene rings is 2. The van der Waals surface area contributed by atoms with Gasteiger partial charge in [0.05, 0.1) is 16.5 Å². The number of carbonyl (C=O) groups excluding carboxylic acids is 1. The minimum Gasteiger partial charge on any atom is -0.461 e. The second-order valence-electron chi connectivity index (χ2n) is 13.9. The third-order valence-electron chi connectivity index (χ3n) is 9.96. The quantitative estimate of drug-likeness (QED) is 0.123. The number of nitrogens with zero attached hydrogens (tertiary/aromatic N) is 6. The third-order valence-corrected chi connectivity index (χ3v) is 11.5. The number of likely N-dealkylation sites (N-methyl/N-ethyl adjacent to an activating group) is 2. The van der Waals surface area contributed by atoms with Crippen LogP contribution in [0.25, 0.3) is 32.9 Å². The summed E-state index contributed by atoms with van der Waals surface area (Å²) in [5, 5.41) is 1.46. The normalized spacial score (nSPS) is 21.1. The summed E-state index contributed by atoms with van der Waals surface area (Å²) in [6, 6.07) is 5.69. The van der Waals surface area contributed by atoms with Crippen molar-refractivity contribution in [2.24, 2.45) is 0 Å². The molecule has 0 radical (unpaired) electrons. The zero-order valence-electron chi connectivity index (χ0n) is 28.8. The first-order chi connectivity index (χ1) is 23.6. The molecule has 2 aromatic heterocycles. The Morgan fingerprint density at radius 3 is 2.70 bits per heavy atom. The average Bonchev–Trinajstić information content (AvgIpc) is 3.64. The fourth-order valence-electron chi connectivity index (χ4n) is 7.07.